The third-order valence-electron chi connectivity index (χ3n) is 3.86. The molecular weight excluding hydrogens is 284 g/mol. The molecule has 0 aliphatic carbocycles. The van der Waals surface area contributed by atoms with E-state index in [9.17, 15) is 4.79 Å². The van der Waals surface area contributed by atoms with Crippen LogP contribution in [0.15, 0.2) is 30.3 Å². The van der Waals surface area contributed by atoms with Gasteiger partial charge in [-0.05, 0) is 23.9 Å². The Morgan fingerprint density at radius 1 is 1.29 bits per heavy atom. The maximum Gasteiger partial charge on any atom is 0.165 e. The van der Waals surface area contributed by atoms with E-state index in [1.165, 1.54) is 0 Å². The number of methoxy groups -OCH3 is 1. The number of hydrogen-bond donors (Lipinski definition) is 0. The van der Waals surface area contributed by atoms with E-state index >= 15 is 0 Å². The van der Waals surface area contributed by atoms with Gasteiger partial charge in [-0.25, -0.2) is 0 Å². The van der Waals surface area contributed by atoms with E-state index in [1.54, 1.807) is 7.11 Å². The fraction of sp³-hybridized carbons (Fsp3) is 0.389. The van der Waals surface area contributed by atoms with Gasteiger partial charge in [0, 0.05) is 16.9 Å². The molecule has 1 unspecified atom stereocenters. The molecule has 0 bridgehead atoms. The Hall–Kier alpha value is -1.54. The highest BCUT2D eigenvalue weighted by Crippen LogP contribution is 2.33. The molecule has 0 amide bonds. The van der Waals surface area contributed by atoms with Crippen LogP contribution in [-0.2, 0) is 0 Å². The van der Waals surface area contributed by atoms with Gasteiger partial charge < -0.3 is 4.74 Å². The maximum absolute atomic E-state index is 12.4. The monoisotopic (exact) mass is 304 g/mol. The van der Waals surface area contributed by atoms with Gasteiger partial charge in [0.2, 0.25) is 0 Å². The summed E-state index contributed by atoms with van der Waals surface area (Å²) in [6.07, 6.45) is 3.14. The van der Waals surface area contributed by atoms with E-state index in [0.29, 0.717) is 10.8 Å². The Labute approximate surface area is 131 Å². The molecule has 3 heteroatoms. The summed E-state index contributed by atoms with van der Waals surface area (Å²) in [5, 5.41) is 2.47. The standard InChI is InChI=1S/C18H21ClO2/c1-4-5-6-12(2)18(20)14-7-9-15-13(11-14)8-10-16(21-3)17(15)19/h7-12H,4-6H2,1-3H3. The van der Waals surface area contributed by atoms with Crippen molar-refractivity contribution in [2.24, 2.45) is 5.92 Å². The highest BCUT2D eigenvalue weighted by atomic mass is 35.5. The predicted molar refractivity (Wildman–Crippen MR) is 88.5 cm³/mol. The number of carbonyl (C=O) groups is 1. The average Bonchev–Trinajstić information content (AvgIpc) is 2.51. The van der Waals surface area contributed by atoms with Crippen LogP contribution >= 0.6 is 11.6 Å². The Morgan fingerprint density at radius 3 is 2.71 bits per heavy atom. The summed E-state index contributed by atoms with van der Waals surface area (Å²) in [5.41, 5.74) is 0.757. The molecule has 0 heterocycles. The number of unbranched alkanes of at least 4 members (excludes halogenated alkanes) is 1. The quantitative estimate of drug-likeness (QED) is 0.658. The predicted octanol–water partition coefficient (Wildman–Crippen LogP) is 5.51. The Kier molecular flexibility index (Phi) is 5.24. The largest absolute Gasteiger partial charge is 0.495 e. The van der Waals surface area contributed by atoms with Gasteiger partial charge in [-0.3, -0.25) is 4.79 Å². The molecule has 2 aromatic carbocycles. The van der Waals surface area contributed by atoms with Crippen molar-refractivity contribution in [2.75, 3.05) is 7.11 Å². The van der Waals surface area contributed by atoms with Crippen molar-refractivity contribution in [3.8, 4) is 5.75 Å². The fourth-order valence-corrected chi connectivity index (χ4v) is 2.82. The number of carbonyl (C=O) groups excluding carboxylic acids is 1. The second kappa shape index (κ2) is 6.95. The normalized spacial score (nSPS) is 12.4. The number of hydrogen-bond acceptors (Lipinski definition) is 2. The van der Waals surface area contributed by atoms with Crippen LogP contribution in [-0.4, -0.2) is 12.9 Å². The van der Waals surface area contributed by atoms with E-state index in [4.69, 9.17) is 16.3 Å². The summed E-state index contributed by atoms with van der Waals surface area (Å²) < 4.78 is 5.21. The number of fused-ring (bicyclic) bond motifs is 1. The number of Topliss-reactive ketones (excluding diaryl/α,β-unsaturated/α-hetero) is 1. The van der Waals surface area contributed by atoms with Crippen LogP contribution in [0.5, 0.6) is 5.75 Å². The molecule has 0 spiro atoms. The van der Waals surface area contributed by atoms with Gasteiger partial charge in [-0.1, -0.05) is 56.5 Å². The lowest BCUT2D eigenvalue weighted by atomic mass is 9.93. The van der Waals surface area contributed by atoms with Gasteiger partial charge in [0.15, 0.2) is 5.78 Å². The van der Waals surface area contributed by atoms with Crippen LogP contribution in [0.4, 0.5) is 0 Å². The van der Waals surface area contributed by atoms with Crippen LogP contribution in [0.3, 0.4) is 0 Å². The summed E-state index contributed by atoms with van der Waals surface area (Å²) in [4.78, 5) is 12.4. The summed E-state index contributed by atoms with van der Waals surface area (Å²) in [6, 6.07) is 9.46. The number of benzene rings is 2. The third kappa shape index (κ3) is 3.38. The van der Waals surface area contributed by atoms with Gasteiger partial charge in [0.05, 0.1) is 12.1 Å². The molecule has 0 aliphatic heterocycles. The molecule has 0 saturated heterocycles. The van der Waals surface area contributed by atoms with Crippen molar-refractivity contribution in [3.05, 3.63) is 40.9 Å². The third-order valence-corrected chi connectivity index (χ3v) is 4.25. The molecule has 21 heavy (non-hydrogen) atoms. The van der Waals surface area contributed by atoms with E-state index < -0.39 is 0 Å². The second-order valence-electron chi connectivity index (χ2n) is 5.43. The van der Waals surface area contributed by atoms with Crippen molar-refractivity contribution in [2.45, 2.75) is 33.1 Å². The number of ketones is 1. The minimum Gasteiger partial charge on any atom is -0.495 e. The average molecular weight is 305 g/mol. The Bertz CT molecular complexity index is 649. The Balaban J connectivity index is 2.33. The van der Waals surface area contributed by atoms with Crippen molar-refractivity contribution < 1.29 is 9.53 Å². The van der Waals surface area contributed by atoms with E-state index in [-0.39, 0.29) is 11.7 Å². The first-order chi connectivity index (χ1) is 10.1. The zero-order valence-corrected chi connectivity index (χ0v) is 13.5. The highest BCUT2D eigenvalue weighted by molar-refractivity contribution is 6.37. The molecule has 2 nitrogen and oxygen atoms in total. The summed E-state index contributed by atoms with van der Waals surface area (Å²) in [5.74, 6) is 0.924. The SMILES string of the molecule is CCCCC(C)C(=O)c1ccc2c(Cl)c(OC)ccc2c1. The maximum atomic E-state index is 12.4. The molecule has 0 N–H and O–H groups in total. The molecule has 0 aromatic heterocycles. The number of halogens is 1. The number of ether oxygens (including phenoxy) is 1. The van der Waals surface area contributed by atoms with E-state index in [1.807, 2.05) is 37.3 Å². The van der Waals surface area contributed by atoms with Crippen molar-refractivity contribution in [1.82, 2.24) is 0 Å². The highest BCUT2D eigenvalue weighted by Gasteiger charge is 2.16. The topological polar surface area (TPSA) is 26.3 Å². The van der Waals surface area contributed by atoms with Gasteiger partial charge in [-0.15, -0.1) is 0 Å². The van der Waals surface area contributed by atoms with Crippen LogP contribution < -0.4 is 4.74 Å². The van der Waals surface area contributed by atoms with Gasteiger partial charge in [-0.2, -0.15) is 0 Å². The lowest BCUT2D eigenvalue weighted by Gasteiger charge is -2.11. The smallest absolute Gasteiger partial charge is 0.165 e. The lowest BCUT2D eigenvalue weighted by molar-refractivity contribution is 0.0923. The molecule has 0 saturated carbocycles. The minimum atomic E-state index is 0.0659. The molecule has 1 atom stereocenters. The second-order valence-corrected chi connectivity index (χ2v) is 5.80. The zero-order valence-electron chi connectivity index (χ0n) is 12.8. The van der Waals surface area contributed by atoms with Crippen molar-refractivity contribution in [1.29, 1.82) is 0 Å². The fourth-order valence-electron chi connectivity index (χ4n) is 2.51. The molecule has 2 rings (SSSR count). The van der Waals surface area contributed by atoms with Crippen LogP contribution in [0.2, 0.25) is 5.02 Å². The number of rotatable bonds is 6. The molecule has 0 aliphatic rings. The van der Waals surface area contributed by atoms with Gasteiger partial charge >= 0.3 is 0 Å². The summed E-state index contributed by atoms with van der Waals surface area (Å²) >= 11 is 6.29. The molecule has 0 radical (unpaired) electrons. The first-order valence-corrected chi connectivity index (χ1v) is 7.76. The Morgan fingerprint density at radius 2 is 2.05 bits per heavy atom. The van der Waals surface area contributed by atoms with Crippen LogP contribution in [0.1, 0.15) is 43.5 Å². The molecule has 0 fully saturated rings. The van der Waals surface area contributed by atoms with Crippen molar-refractivity contribution >= 4 is 28.2 Å². The van der Waals surface area contributed by atoms with Gasteiger partial charge in [0.1, 0.15) is 5.75 Å². The van der Waals surface area contributed by atoms with E-state index in [0.717, 1.165) is 35.6 Å². The first kappa shape index (κ1) is 15.8. The van der Waals surface area contributed by atoms with Crippen LogP contribution in [0, 0.1) is 5.92 Å². The van der Waals surface area contributed by atoms with Crippen LogP contribution in [0.25, 0.3) is 10.8 Å². The molecule has 112 valence electrons. The van der Waals surface area contributed by atoms with Gasteiger partial charge in [0.25, 0.3) is 0 Å². The van der Waals surface area contributed by atoms with E-state index in [2.05, 4.69) is 6.92 Å². The zero-order chi connectivity index (χ0) is 15.4. The first-order valence-electron chi connectivity index (χ1n) is 7.39. The molecule has 2 aromatic rings. The van der Waals surface area contributed by atoms with Crippen molar-refractivity contribution in [3.63, 3.8) is 0 Å². The summed E-state index contributed by atoms with van der Waals surface area (Å²) in [7, 11) is 1.60. The lowest BCUT2D eigenvalue weighted by Crippen LogP contribution is -2.11. The summed E-state index contributed by atoms with van der Waals surface area (Å²) in [6.45, 7) is 4.14. The molecular formula is C18H21ClO2. The minimum absolute atomic E-state index is 0.0659.